The molecule has 2 aromatic heterocycles. The maximum absolute atomic E-state index is 12.8. The van der Waals surface area contributed by atoms with E-state index >= 15 is 0 Å². The van der Waals surface area contributed by atoms with Crippen molar-refractivity contribution in [3.8, 4) is 11.6 Å². The van der Waals surface area contributed by atoms with E-state index in [1.807, 2.05) is 6.92 Å². The number of nitrogens with zero attached hydrogens (tertiary/aromatic N) is 2. The molecule has 0 bridgehead atoms. The Morgan fingerprint density at radius 3 is 2.60 bits per heavy atom. The van der Waals surface area contributed by atoms with Gasteiger partial charge in [0, 0.05) is 12.4 Å². The number of hydrazine groups is 1. The second kappa shape index (κ2) is 9.08. The first-order chi connectivity index (χ1) is 14.3. The van der Waals surface area contributed by atoms with Crippen molar-refractivity contribution in [3.05, 3.63) is 71.1 Å². The molecule has 0 spiro atoms. The van der Waals surface area contributed by atoms with Crippen LogP contribution in [-0.2, 0) is 6.18 Å². The minimum atomic E-state index is -4.56. The van der Waals surface area contributed by atoms with Crippen LogP contribution in [0.2, 0.25) is 5.02 Å². The van der Waals surface area contributed by atoms with Gasteiger partial charge < -0.3 is 4.74 Å². The third-order valence-corrected chi connectivity index (χ3v) is 4.28. The Balaban J connectivity index is 1.71. The molecule has 0 radical (unpaired) electrons. The first-order valence-electron chi connectivity index (χ1n) is 8.99. The molecule has 158 valence electrons. The molecule has 6 nitrogen and oxygen atoms in total. The molecule has 0 atom stereocenters. The topological polar surface area (TPSA) is 68.2 Å². The van der Waals surface area contributed by atoms with E-state index in [4.69, 9.17) is 16.3 Å². The number of alkyl halides is 3. The lowest BCUT2D eigenvalue weighted by Gasteiger charge is -2.13. The summed E-state index contributed by atoms with van der Waals surface area (Å²) < 4.78 is 45.2. The molecule has 0 saturated carbocycles. The van der Waals surface area contributed by atoms with Gasteiger partial charge in [0.05, 0.1) is 22.9 Å². The Bertz CT molecular complexity index is 1020. The van der Waals surface area contributed by atoms with Crippen molar-refractivity contribution in [1.29, 1.82) is 0 Å². The van der Waals surface area contributed by atoms with Gasteiger partial charge in [0.2, 0.25) is 0 Å². The first-order valence-corrected chi connectivity index (χ1v) is 9.37. The molecule has 0 aliphatic rings. The second-order valence-corrected chi connectivity index (χ2v) is 6.65. The molecule has 0 unspecified atom stereocenters. The van der Waals surface area contributed by atoms with Crippen LogP contribution in [0.1, 0.15) is 29.4 Å². The Morgan fingerprint density at radius 2 is 1.97 bits per heavy atom. The summed E-state index contributed by atoms with van der Waals surface area (Å²) in [5.74, 6) is 0.201. The van der Waals surface area contributed by atoms with Gasteiger partial charge >= 0.3 is 6.18 Å². The van der Waals surface area contributed by atoms with Crippen LogP contribution in [0.4, 0.5) is 18.9 Å². The SMILES string of the molecule is CCCOc1ccc(NNC(=O)c2cccn2-c2ncc(C(F)(F)F)cc2Cl)cc1. The Kier molecular flexibility index (Phi) is 6.51. The van der Waals surface area contributed by atoms with Crippen molar-refractivity contribution in [3.63, 3.8) is 0 Å². The fraction of sp³-hybridized carbons (Fsp3) is 0.200. The lowest BCUT2D eigenvalue weighted by atomic mass is 10.2. The van der Waals surface area contributed by atoms with Crippen molar-refractivity contribution < 1.29 is 22.7 Å². The number of ether oxygens (including phenoxy) is 1. The monoisotopic (exact) mass is 438 g/mol. The number of halogens is 4. The van der Waals surface area contributed by atoms with Gasteiger partial charge in [-0.15, -0.1) is 0 Å². The van der Waals surface area contributed by atoms with E-state index in [1.54, 1.807) is 30.3 Å². The highest BCUT2D eigenvalue weighted by molar-refractivity contribution is 6.32. The van der Waals surface area contributed by atoms with Gasteiger partial charge in [0.25, 0.3) is 5.91 Å². The molecule has 2 heterocycles. The maximum Gasteiger partial charge on any atom is 0.417 e. The van der Waals surface area contributed by atoms with Crippen molar-refractivity contribution in [1.82, 2.24) is 15.0 Å². The lowest BCUT2D eigenvalue weighted by Crippen LogP contribution is -2.31. The average Bonchev–Trinajstić information content (AvgIpc) is 3.20. The average molecular weight is 439 g/mol. The molecule has 1 amide bonds. The third-order valence-electron chi connectivity index (χ3n) is 4.01. The van der Waals surface area contributed by atoms with Crippen LogP contribution in [0.5, 0.6) is 5.75 Å². The van der Waals surface area contributed by atoms with Gasteiger partial charge in [-0.05, 0) is 48.9 Å². The number of carbonyl (C=O) groups excluding carboxylic acids is 1. The minimum absolute atomic E-state index is 0.0113. The summed E-state index contributed by atoms with van der Waals surface area (Å²) >= 11 is 5.98. The number of rotatable bonds is 7. The minimum Gasteiger partial charge on any atom is -0.494 e. The van der Waals surface area contributed by atoms with E-state index in [0.717, 1.165) is 12.5 Å². The van der Waals surface area contributed by atoms with Crippen molar-refractivity contribution in [2.75, 3.05) is 12.0 Å². The van der Waals surface area contributed by atoms with E-state index in [9.17, 15) is 18.0 Å². The van der Waals surface area contributed by atoms with Gasteiger partial charge in [-0.25, -0.2) is 4.98 Å². The molecular formula is C20H18ClF3N4O2. The highest BCUT2D eigenvalue weighted by Gasteiger charge is 2.32. The molecule has 0 saturated heterocycles. The van der Waals surface area contributed by atoms with E-state index in [0.29, 0.717) is 24.2 Å². The number of benzene rings is 1. The summed E-state index contributed by atoms with van der Waals surface area (Å²) in [6.45, 7) is 2.62. The summed E-state index contributed by atoms with van der Waals surface area (Å²) in [4.78, 5) is 16.3. The van der Waals surface area contributed by atoms with E-state index in [-0.39, 0.29) is 16.5 Å². The standard InChI is InChI=1S/C20H18ClF3N4O2/c1-2-10-30-15-7-5-14(6-8-15)26-27-19(29)17-4-3-9-28(17)18-16(21)11-13(12-25-18)20(22,23)24/h3-9,11-12,26H,2,10H2,1H3,(H,27,29). The molecule has 30 heavy (non-hydrogen) atoms. The largest absolute Gasteiger partial charge is 0.494 e. The van der Waals surface area contributed by atoms with Gasteiger partial charge in [-0.3, -0.25) is 20.2 Å². The molecule has 0 aliphatic heterocycles. The van der Waals surface area contributed by atoms with Gasteiger partial charge in [-0.2, -0.15) is 13.2 Å². The molecule has 0 fully saturated rings. The molecular weight excluding hydrogens is 421 g/mol. The van der Waals surface area contributed by atoms with E-state index in [2.05, 4.69) is 15.8 Å². The summed E-state index contributed by atoms with van der Waals surface area (Å²) in [5.41, 5.74) is 5.09. The van der Waals surface area contributed by atoms with Crippen molar-refractivity contribution in [2.24, 2.45) is 0 Å². The van der Waals surface area contributed by atoms with Gasteiger partial charge in [-0.1, -0.05) is 18.5 Å². The summed E-state index contributed by atoms with van der Waals surface area (Å²) in [6.07, 6.45) is -1.51. The van der Waals surface area contributed by atoms with Crippen molar-refractivity contribution in [2.45, 2.75) is 19.5 Å². The number of carbonyl (C=O) groups is 1. The zero-order valence-corrected chi connectivity index (χ0v) is 16.6. The molecule has 3 rings (SSSR count). The summed E-state index contributed by atoms with van der Waals surface area (Å²) in [5, 5.41) is -0.231. The fourth-order valence-corrected chi connectivity index (χ4v) is 2.82. The normalized spacial score (nSPS) is 11.2. The number of pyridine rings is 1. The Labute approximate surface area is 175 Å². The van der Waals surface area contributed by atoms with Crippen LogP contribution < -0.4 is 15.6 Å². The Morgan fingerprint density at radius 1 is 1.23 bits per heavy atom. The molecule has 1 aromatic carbocycles. The number of amides is 1. The highest BCUT2D eigenvalue weighted by atomic mass is 35.5. The zero-order valence-electron chi connectivity index (χ0n) is 15.8. The Hall–Kier alpha value is -3.20. The van der Waals surface area contributed by atoms with Crippen LogP contribution in [0.3, 0.4) is 0 Å². The molecule has 2 N–H and O–H groups in total. The quantitative estimate of drug-likeness (QED) is 0.504. The molecule has 3 aromatic rings. The number of anilines is 1. The smallest absolute Gasteiger partial charge is 0.417 e. The second-order valence-electron chi connectivity index (χ2n) is 6.24. The van der Waals surface area contributed by atoms with Crippen molar-refractivity contribution >= 4 is 23.2 Å². The van der Waals surface area contributed by atoms with E-state index in [1.165, 1.54) is 16.8 Å². The van der Waals surface area contributed by atoms with Crippen LogP contribution in [-0.4, -0.2) is 22.1 Å². The van der Waals surface area contributed by atoms with E-state index < -0.39 is 17.6 Å². The fourth-order valence-electron chi connectivity index (χ4n) is 2.56. The number of hydrogen-bond acceptors (Lipinski definition) is 4. The predicted molar refractivity (Wildman–Crippen MR) is 107 cm³/mol. The summed E-state index contributed by atoms with van der Waals surface area (Å²) in [6, 6.07) is 10.8. The van der Waals surface area contributed by atoms with Crippen LogP contribution >= 0.6 is 11.6 Å². The predicted octanol–water partition coefficient (Wildman–Crippen LogP) is 5.09. The van der Waals surface area contributed by atoms with Crippen LogP contribution in [0.25, 0.3) is 5.82 Å². The number of nitrogens with one attached hydrogen (secondary N) is 2. The van der Waals surface area contributed by atoms with Gasteiger partial charge in [0.15, 0.2) is 5.82 Å². The zero-order chi connectivity index (χ0) is 21.7. The van der Waals surface area contributed by atoms with Crippen LogP contribution in [0.15, 0.2) is 54.9 Å². The third kappa shape index (κ3) is 5.04. The number of hydrogen-bond donors (Lipinski definition) is 2. The van der Waals surface area contributed by atoms with Gasteiger partial charge in [0.1, 0.15) is 11.4 Å². The first kappa shape index (κ1) is 21.5. The molecule has 10 heteroatoms. The van der Waals surface area contributed by atoms with Crippen LogP contribution in [0, 0.1) is 0 Å². The summed E-state index contributed by atoms with van der Waals surface area (Å²) in [7, 11) is 0. The molecule has 0 aliphatic carbocycles. The highest BCUT2D eigenvalue weighted by Crippen LogP contribution is 2.32. The lowest BCUT2D eigenvalue weighted by molar-refractivity contribution is -0.137. The maximum atomic E-state index is 12.8. The number of aromatic nitrogens is 2.